The van der Waals surface area contributed by atoms with Gasteiger partial charge >= 0.3 is 0 Å². The normalized spacial score (nSPS) is 12.8. The van der Waals surface area contributed by atoms with Gasteiger partial charge in [-0.05, 0) is 29.3 Å². The molecule has 0 fully saturated rings. The SMILES string of the molecule is COCCn1cnnc1C(C)NCc1csc2ccccc12. The number of nitrogens with one attached hydrogen (secondary N) is 1. The molecule has 0 spiro atoms. The molecule has 6 heteroatoms. The Morgan fingerprint density at radius 2 is 2.23 bits per heavy atom. The lowest BCUT2D eigenvalue weighted by Gasteiger charge is -2.14. The summed E-state index contributed by atoms with van der Waals surface area (Å²) in [4.78, 5) is 0. The molecule has 0 saturated heterocycles. The lowest BCUT2D eigenvalue weighted by atomic mass is 10.1. The van der Waals surface area contributed by atoms with E-state index in [1.54, 1.807) is 24.8 Å². The highest BCUT2D eigenvalue weighted by Crippen LogP contribution is 2.26. The molecule has 2 heterocycles. The molecule has 0 bridgehead atoms. The van der Waals surface area contributed by atoms with Gasteiger partial charge in [-0.3, -0.25) is 0 Å². The summed E-state index contributed by atoms with van der Waals surface area (Å²) in [5, 5.41) is 15.3. The number of rotatable bonds is 7. The van der Waals surface area contributed by atoms with E-state index in [0.29, 0.717) is 6.61 Å². The molecule has 0 saturated carbocycles. The van der Waals surface area contributed by atoms with Crippen LogP contribution in [0.5, 0.6) is 0 Å². The second kappa shape index (κ2) is 7.00. The van der Waals surface area contributed by atoms with Crippen molar-refractivity contribution >= 4 is 21.4 Å². The molecule has 0 amide bonds. The molecule has 1 aromatic carbocycles. The summed E-state index contributed by atoms with van der Waals surface area (Å²) in [7, 11) is 1.70. The smallest absolute Gasteiger partial charge is 0.149 e. The first-order valence-electron chi connectivity index (χ1n) is 7.34. The summed E-state index contributed by atoms with van der Waals surface area (Å²) in [5.74, 6) is 0.941. The predicted molar refractivity (Wildman–Crippen MR) is 89.0 cm³/mol. The second-order valence-corrected chi connectivity index (χ2v) is 6.15. The Kier molecular flexibility index (Phi) is 4.82. The molecule has 1 atom stereocenters. The number of thiophene rings is 1. The van der Waals surface area contributed by atoms with Crippen molar-refractivity contribution < 1.29 is 4.74 Å². The largest absolute Gasteiger partial charge is 0.383 e. The zero-order valence-corrected chi connectivity index (χ0v) is 13.6. The van der Waals surface area contributed by atoms with Crippen LogP contribution in [0.15, 0.2) is 36.0 Å². The van der Waals surface area contributed by atoms with Crippen molar-refractivity contribution in [3.05, 3.63) is 47.4 Å². The molecular formula is C16H20N4OS. The number of fused-ring (bicyclic) bond motifs is 1. The summed E-state index contributed by atoms with van der Waals surface area (Å²) < 4.78 is 8.49. The van der Waals surface area contributed by atoms with Gasteiger partial charge in [0.15, 0.2) is 0 Å². The van der Waals surface area contributed by atoms with Crippen LogP contribution in [0.4, 0.5) is 0 Å². The van der Waals surface area contributed by atoms with E-state index in [0.717, 1.165) is 18.9 Å². The van der Waals surface area contributed by atoms with Crippen molar-refractivity contribution in [2.75, 3.05) is 13.7 Å². The third kappa shape index (κ3) is 3.19. The van der Waals surface area contributed by atoms with E-state index >= 15 is 0 Å². The molecule has 1 N–H and O–H groups in total. The van der Waals surface area contributed by atoms with E-state index in [9.17, 15) is 0 Å². The molecule has 1 unspecified atom stereocenters. The van der Waals surface area contributed by atoms with Gasteiger partial charge in [-0.25, -0.2) is 0 Å². The Bertz CT molecular complexity index is 736. The zero-order valence-electron chi connectivity index (χ0n) is 12.8. The predicted octanol–water partition coefficient (Wildman–Crippen LogP) is 2.99. The third-order valence-corrected chi connectivity index (χ3v) is 4.74. The molecule has 2 aromatic heterocycles. The molecule has 22 heavy (non-hydrogen) atoms. The lowest BCUT2D eigenvalue weighted by Crippen LogP contribution is -2.22. The molecular weight excluding hydrogens is 296 g/mol. The first-order valence-corrected chi connectivity index (χ1v) is 8.22. The molecule has 5 nitrogen and oxygen atoms in total. The standard InChI is InChI=1S/C16H20N4OS/c1-12(16-19-18-11-20(16)7-8-21-2)17-9-13-10-22-15-6-4-3-5-14(13)15/h3-6,10-12,17H,7-9H2,1-2H3. The van der Waals surface area contributed by atoms with Crippen LogP contribution < -0.4 is 5.32 Å². The highest BCUT2D eigenvalue weighted by molar-refractivity contribution is 7.17. The van der Waals surface area contributed by atoms with Crippen LogP contribution >= 0.6 is 11.3 Å². The monoisotopic (exact) mass is 316 g/mol. The van der Waals surface area contributed by atoms with E-state index in [1.807, 2.05) is 4.57 Å². The Labute approximate surface area is 133 Å². The van der Waals surface area contributed by atoms with Gasteiger partial charge in [0.25, 0.3) is 0 Å². The van der Waals surface area contributed by atoms with Crippen LogP contribution in [0.2, 0.25) is 0 Å². The molecule has 116 valence electrons. The Hall–Kier alpha value is -1.76. The van der Waals surface area contributed by atoms with Crippen LogP contribution in [0, 0.1) is 0 Å². The topological polar surface area (TPSA) is 52.0 Å². The minimum absolute atomic E-state index is 0.137. The van der Waals surface area contributed by atoms with Crippen molar-refractivity contribution in [1.29, 1.82) is 0 Å². The minimum Gasteiger partial charge on any atom is -0.383 e. The maximum absolute atomic E-state index is 5.12. The van der Waals surface area contributed by atoms with Gasteiger partial charge in [-0.1, -0.05) is 18.2 Å². The Morgan fingerprint density at radius 1 is 1.36 bits per heavy atom. The number of hydrogen-bond donors (Lipinski definition) is 1. The number of aromatic nitrogens is 3. The van der Waals surface area contributed by atoms with E-state index in [2.05, 4.69) is 52.1 Å². The number of nitrogens with zero attached hydrogens (tertiary/aromatic N) is 3. The average Bonchev–Trinajstić information content (AvgIpc) is 3.17. The van der Waals surface area contributed by atoms with Crippen LogP contribution in [0.25, 0.3) is 10.1 Å². The van der Waals surface area contributed by atoms with Crippen molar-refractivity contribution in [2.24, 2.45) is 0 Å². The highest BCUT2D eigenvalue weighted by Gasteiger charge is 2.13. The first-order chi connectivity index (χ1) is 10.8. The van der Waals surface area contributed by atoms with Gasteiger partial charge < -0.3 is 14.6 Å². The summed E-state index contributed by atoms with van der Waals surface area (Å²) in [5.41, 5.74) is 1.33. The second-order valence-electron chi connectivity index (χ2n) is 5.24. The highest BCUT2D eigenvalue weighted by atomic mass is 32.1. The van der Waals surface area contributed by atoms with E-state index < -0.39 is 0 Å². The van der Waals surface area contributed by atoms with Gasteiger partial charge in [0, 0.05) is 24.9 Å². The summed E-state index contributed by atoms with van der Waals surface area (Å²) in [6.45, 7) is 4.36. The quantitative estimate of drug-likeness (QED) is 0.728. The van der Waals surface area contributed by atoms with E-state index in [4.69, 9.17) is 4.74 Å². The van der Waals surface area contributed by atoms with Crippen LogP contribution in [0.1, 0.15) is 24.4 Å². The minimum atomic E-state index is 0.137. The maximum atomic E-state index is 5.12. The molecule has 0 aliphatic rings. The van der Waals surface area contributed by atoms with Crippen molar-refractivity contribution in [3.8, 4) is 0 Å². The summed E-state index contributed by atoms with van der Waals surface area (Å²) >= 11 is 1.79. The fourth-order valence-electron chi connectivity index (χ4n) is 2.49. The molecule has 3 aromatic rings. The van der Waals surface area contributed by atoms with E-state index in [-0.39, 0.29) is 6.04 Å². The van der Waals surface area contributed by atoms with Crippen molar-refractivity contribution in [3.63, 3.8) is 0 Å². The zero-order chi connectivity index (χ0) is 15.4. The number of benzene rings is 1. The fourth-order valence-corrected chi connectivity index (χ4v) is 3.45. The van der Waals surface area contributed by atoms with Crippen LogP contribution in [-0.4, -0.2) is 28.5 Å². The molecule has 3 rings (SSSR count). The van der Waals surface area contributed by atoms with Gasteiger partial charge in [0.2, 0.25) is 0 Å². The Balaban J connectivity index is 1.67. The van der Waals surface area contributed by atoms with Gasteiger partial charge in [-0.2, -0.15) is 0 Å². The molecule has 0 aliphatic heterocycles. The number of methoxy groups -OCH3 is 1. The summed E-state index contributed by atoms with van der Waals surface area (Å²) in [6.07, 6.45) is 1.76. The Morgan fingerprint density at radius 3 is 3.09 bits per heavy atom. The number of ether oxygens (including phenoxy) is 1. The average molecular weight is 316 g/mol. The van der Waals surface area contributed by atoms with Gasteiger partial charge in [0.05, 0.1) is 12.6 Å². The van der Waals surface area contributed by atoms with Crippen molar-refractivity contribution in [2.45, 2.75) is 26.1 Å². The first kappa shape index (κ1) is 15.1. The van der Waals surface area contributed by atoms with Crippen LogP contribution in [-0.2, 0) is 17.8 Å². The third-order valence-electron chi connectivity index (χ3n) is 3.73. The number of hydrogen-bond acceptors (Lipinski definition) is 5. The lowest BCUT2D eigenvalue weighted by molar-refractivity contribution is 0.185. The van der Waals surface area contributed by atoms with Gasteiger partial charge in [0.1, 0.15) is 12.2 Å². The fraction of sp³-hybridized carbons (Fsp3) is 0.375. The molecule has 0 radical (unpaired) electrons. The van der Waals surface area contributed by atoms with E-state index in [1.165, 1.54) is 15.6 Å². The van der Waals surface area contributed by atoms with Crippen molar-refractivity contribution in [1.82, 2.24) is 20.1 Å². The maximum Gasteiger partial charge on any atom is 0.149 e. The van der Waals surface area contributed by atoms with Gasteiger partial charge in [-0.15, -0.1) is 21.5 Å². The van der Waals surface area contributed by atoms with Crippen LogP contribution in [0.3, 0.4) is 0 Å². The summed E-state index contributed by atoms with van der Waals surface area (Å²) in [6, 6.07) is 8.64. The molecule has 0 aliphatic carbocycles.